The summed E-state index contributed by atoms with van der Waals surface area (Å²) in [5, 5.41) is 11.7. The lowest BCUT2D eigenvalue weighted by atomic mass is 10.1. The third kappa shape index (κ3) is 3.52. The van der Waals surface area contributed by atoms with Gasteiger partial charge in [-0.2, -0.15) is 0 Å². The molecular weight excluding hydrogens is 254 g/mol. The summed E-state index contributed by atoms with van der Waals surface area (Å²) in [5.74, 6) is 6.89. The van der Waals surface area contributed by atoms with E-state index in [2.05, 4.69) is 24.1 Å². The Bertz CT molecular complexity index is 557. The van der Waals surface area contributed by atoms with Crippen molar-refractivity contribution >= 4 is 5.91 Å². The Morgan fingerprint density at radius 3 is 2.90 bits per heavy atom. The minimum atomic E-state index is -0.0767. The maximum absolute atomic E-state index is 12.1. The summed E-state index contributed by atoms with van der Waals surface area (Å²) in [5.41, 5.74) is 1.25. The first-order valence-electron chi connectivity index (χ1n) is 6.74. The molecule has 0 radical (unpaired) electrons. The normalized spacial score (nSPS) is 19.8. The van der Waals surface area contributed by atoms with Crippen LogP contribution >= 0.6 is 0 Å². The summed E-state index contributed by atoms with van der Waals surface area (Å²) >= 11 is 0. The molecule has 1 aromatic carbocycles. The van der Waals surface area contributed by atoms with Crippen molar-refractivity contribution in [3.05, 3.63) is 29.3 Å². The van der Waals surface area contributed by atoms with Gasteiger partial charge in [0.05, 0.1) is 19.3 Å². The molecule has 2 unspecified atom stereocenters. The molecule has 1 fully saturated rings. The molecule has 2 atom stereocenters. The number of rotatable bonds is 4. The lowest BCUT2D eigenvalue weighted by Crippen LogP contribution is -2.26. The number of nitrogens with one attached hydrogen (secondary N) is 1. The summed E-state index contributed by atoms with van der Waals surface area (Å²) in [4.78, 5) is 12.1. The van der Waals surface area contributed by atoms with Crippen molar-refractivity contribution in [1.29, 1.82) is 0 Å². The molecule has 1 aliphatic carbocycles. The largest absolute Gasteiger partial charge is 0.495 e. The molecule has 2 rings (SSSR count). The fourth-order valence-electron chi connectivity index (χ4n) is 1.94. The number of hydrogen-bond acceptors (Lipinski definition) is 3. The van der Waals surface area contributed by atoms with Crippen LogP contribution in [0.4, 0.5) is 0 Å². The van der Waals surface area contributed by atoms with E-state index in [9.17, 15) is 4.79 Å². The Kier molecular flexibility index (Phi) is 4.65. The zero-order chi connectivity index (χ0) is 14.5. The molecule has 1 amide bonds. The van der Waals surface area contributed by atoms with Gasteiger partial charge < -0.3 is 15.2 Å². The van der Waals surface area contributed by atoms with Gasteiger partial charge >= 0.3 is 0 Å². The molecule has 0 aromatic heterocycles. The van der Waals surface area contributed by atoms with E-state index in [0.29, 0.717) is 35.3 Å². The van der Waals surface area contributed by atoms with E-state index in [1.54, 1.807) is 25.3 Å². The van der Waals surface area contributed by atoms with Gasteiger partial charge in [0.1, 0.15) is 5.75 Å². The van der Waals surface area contributed by atoms with E-state index in [1.165, 1.54) is 0 Å². The maximum atomic E-state index is 12.1. The Balaban J connectivity index is 2.16. The molecule has 2 N–H and O–H groups in total. The molecule has 106 valence electrons. The van der Waals surface area contributed by atoms with E-state index < -0.39 is 0 Å². The fraction of sp³-hybridized carbons (Fsp3) is 0.438. The first-order chi connectivity index (χ1) is 9.65. The van der Waals surface area contributed by atoms with Crippen molar-refractivity contribution in [2.75, 3.05) is 13.7 Å². The van der Waals surface area contributed by atoms with Gasteiger partial charge in [-0.1, -0.05) is 18.8 Å². The number of aliphatic hydroxyl groups excluding tert-OH is 1. The number of aliphatic hydroxyl groups is 1. The number of ether oxygens (including phenoxy) is 1. The van der Waals surface area contributed by atoms with Crippen LogP contribution in [0, 0.1) is 17.8 Å². The first kappa shape index (κ1) is 14.4. The van der Waals surface area contributed by atoms with Crippen molar-refractivity contribution in [2.24, 2.45) is 5.92 Å². The predicted molar refractivity (Wildman–Crippen MR) is 76.6 cm³/mol. The lowest BCUT2D eigenvalue weighted by Gasteiger charge is -2.07. The second kappa shape index (κ2) is 6.44. The number of hydrogen-bond donors (Lipinski definition) is 2. The third-order valence-corrected chi connectivity index (χ3v) is 3.35. The van der Waals surface area contributed by atoms with Gasteiger partial charge in [0.2, 0.25) is 0 Å². The van der Waals surface area contributed by atoms with Gasteiger partial charge in [0.15, 0.2) is 0 Å². The van der Waals surface area contributed by atoms with E-state index in [1.807, 2.05) is 0 Å². The summed E-state index contributed by atoms with van der Waals surface area (Å²) < 4.78 is 5.22. The molecular formula is C16H19NO3. The van der Waals surface area contributed by atoms with Crippen LogP contribution < -0.4 is 10.1 Å². The van der Waals surface area contributed by atoms with Crippen LogP contribution in [-0.2, 0) is 0 Å². The second-order valence-electron chi connectivity index (χ2n) is 4.98. The maximum Gasteiger partial charge on any atom is 0.251 e. The Morgan fingerprint density at radius 1 is 1.55 bits per heavy atom. The van der Waals surface area contributed by atoms with E-state index in [4.69, 9.17) is 9.84 Å². The molecule has 4 nitrogen and oxygen atoms in total. The number of amides is 1. The van der Waals surface area contributed by atoms with Gasteiger partial charge in [-0.3, -0.25) is 4.79 Å². The first-order valence-corrected chi connectivity index (χ1v) is 6.74. The summed E-state index contributed by atoms with van der Waals surface area (Å²) in [7, 11) is 1.57. The Labute approximate surface area is 119 Å². The SMILES string of the molecule is COc1ccc(C(=O)NC2CC2C)cc1C#CCCO. The lowest BCUT2D eigenvalue weighted by molar-refractivity contribution is 0.0949. The highest BCUT2D eigenvalue weighted by molar-refractivity contribution is 5.95. The molecule has 0 heterocycles. The molecule has 4 heteroatoms. The summed E-state index contributed by atoms with van der Waals surface area (Å²) in [6.45, 7) is 2.14. The Morgan fingerprint density at radius 2 is 2.30 bits per heavy atom. The minimum Gasteiger partial charge on any atom is -0.495 e. The molecule has 1 aliphatic rings. The molecule has 1 saturated carbocycles. The highest BCUT2D eigenvalue weighted by Crippen LogP contribution is 2.29. The number of methoxy groups -OCH3 is 1. The predicted octanol–water partition coefficient (Wildman–Crippen LogP) is 1.57. The smallest absolute Gasteiger partial charge is 0.251 e. The number of carbonyl (C=O) groups is 1. The van der Waals surface area contributed by atoms with Crippen LogP contribution in [0.5, 0.6) is 5.75 Å². The van der Waals surface area contributed by atoms with Crippen molar-refractivity contribution in [3.63, 3.8) is 0 Å². The van der Waals surface area contributed by atoms with Crippen LogP contribution in [0.15, 0.2) is 18.2 Å². The molecule has 0 aliphatic heterocycles. The van der Waals surface area contributed by atoms with Crippen molar-refractivity contribution < 1.29 is 14.6 Å². The Hall–Kier alpha value is -1.99. The van der Waals surface area contributed by atoms with Gasteiger partial charge in [0.25, 0.3) is 5.91 Å². The quantitative estimate of drug-likeness (QED) is 0.819. The van der Waals surface area contributed by atoms with E-state index >= 15 is 0 Å². The standard InChI is InChI=1S/C16H19NO3/c1-11-9-14(11)17-16(19)13-6-7-15(20-2)12(10-13)5-3-4-8-18/h6-7,10-11,14,18H,4,8-9H2,1-2H3,(H,17,19). The van der Waals surface area contributed by atoms with Crippen molar-refractivity contribution in [3.8, 4) is 17.6 Å². The third-order valence-electron chi connectivity index (χ3n) is 3.35. The van der Waals surface area contributed by atoms with E-state index in [-0.39, 0.29) is 12.5 Å². The average Bonchev–Trinajstić information content (AvgIpc) is 3.14. The van der Waals surface area contributed by atoms with Gasteiger partial charge in [-0.25, -0.2) is 0 Å². The number of carbonyl (C=O) groups excluding carboxylic acids is 1. The zero-order valence-corrected chi connectivity index (χ0v) is 11.8. The molecule has 0 saturated heterocycles. The molecule has 1 aromatic rings. The highest BCUT2D eigenvalue weighted by Gasteiger charge is 2.34. The monoisotopic (exact) mass is 273 g/mol. The minimum absolute atomic E-state index is 0.0229. The highest BCUT2D eigenvalue weighted by atomic mass is 16.5. The molecule has 0 bridgehead atoms. The topological polar surface area (TPSA) is 58.6 Å². The van der Waals surface area contributed by atoms with Crippen LogP contribution in [0.25, 0.3) is 0 Å². The zero-order valence-electron chi connectivity index (χ0n) is 11.8. The van der Waals surface area contributed by atoms with Crippen LogP contribution in [0.2, 0.25) is 0 Å². The van der Waals surface area contributed by atoms with Crippen LogP contribution in [0.1, 0.15) is 35.7 Å². The van der Waals surface area contributed by atoms with Crippen molar-refractivity contribution in [1.82, 2.24) is 5.32 Å². The van der Waals surface area contributed by atoms with Crippen LogP contribution in [-0.4, -0.2) is 30.8 Å². The fourth-order valence-corrected chi connectivity index (χ4v) is 1.94. The number of benzene rings is 1. The van der Waals surface area contributed by atoms with Crippen LogP contribution in [0.3, 0.4) is 0 Å². The van der Waals surface area contributed by atoms with Gasteiger partial charge in [0, 0.05) is 18.0 Å². The van der Waals surface area contributed by atoms with E-state index in [0.717, 1.165) is 6.42 Å². The second-order valence-corrected chi connectivity index (χ2v) is 4.98. The summed E-state index contributed by atoms with van der Waals surface area (Å²) in [6, 6.07) is 5.51. The molecule has 20 heavy (non-hydrogen) atoms. The average molecular weight is 273 g/mol. The van der Waals surface area contributed by atoms with Gasteiger partial charge in [-0.05, 0) is 30.5 Å². The summed E-state index contributed by atoms with van der Waals surface area (Å²) in [6.07, 6.45) is 1.45. The molecule has 0 spiro atoms. The van der Waals surface area contributed by atoms with Crippen molar-refractivity contribution in [2.45, 2.75) is 25.8 Å². The van der Waals surface area contributed by atoms with Gasteiger partial charge in [-0.15, -0.1) is 0 Å².